The molecule has 0 saturated carbocycles. The van der Waals surface area contributed by atoms with Gasteiger partial charge in [-0.3, -0.25) is 14.9 Å². The molecule has 9 heteroatoms. The maximum absolute atomic E-state index is 14.5. The highest BCUT2D eigenvalue weighted by Crippen LogP contribution is 2.36. The standard InChI is InChI=1S/C20H22FN3O5/c1-3-29-18-11-13(16(24(26)27)12-17(18)28-2)20(25)22-19-14(21)7-6-8-15(19)23-9-4-5-10-23/h6-8,11-12H,3-5,9-10H2,1-2H3,(H,22,25). The number of para-hydroxylation sites is 1. The van der Waals surface area contributed by atoms with Crippen molar-refractivity contribution in [3.63, 3.8) is 0 Å². The van der Waals surface area contributed by atoms with Crippen molar-refractivity contribution in [3.05, 3.63) is 51.8 Å². The van der Waals surface area contributed by atoms with Crippen LogP contribution in [0.5, 0.6) is 11.5 Å². The maximum Gasteiger partial charge on any atom is 0.286 e. The number of hydrogen-bond acceptors (Lipinski definition) is 6. The van der Waals surface area contributed by atoms with E-state index in [1.165, 1.54) is 19.2 Å². The molecule has 2 aromatic rings. The number of halogens is 1. The highest BCUT2D eigenvalue weighted by atomic mass is 19.1. The monoisotopic (exact) mass is 403 g/mol. The minimum atomic E-state index is -0.800. The van der Waals surface area contributed by atoms with E-state index < -0.39 is 22.3 Å². The molecule has 0 bridgehead atoms. The van der Waals surface area contributed by atoms with Crippen molar-refractivity contribution in [2.24, 2.45) is 0 Å². The van der Waals surface area contributed by atoms with Crippen LogP contribution >= 0.6 is 0 Å². The summed E-state index contributed by atoms with van der Waals surface area (Å²) in [5.74, 6) is -1.08. The van der Waals surface area contributed by atoms with Crippen molar-refractivity contribution in [1.82, 2.24) is 0 Å². The maximum atomic E-state index is 14.5. The molecule has 0 unspecified atom stereocenters. The van der Waals surface area contributed by atoms with Crippen molar-refractivity contribution >= 4 is 23.0 Å². The third-order valence-electron chi connectivity index (χ3n) is 4.70. The van der Waals surface area contributed by atoms with Crippen LogP contribution in [0, 0.1) is 15.9 Å². The number of benzene rings is 2. The van der Waals surface area contributed by atoms with Crippen molar-refractivity contribution in [2.45, 2.75) is 19.8 Å². The molecule has 8 nitrogen and oxygen atoms in total. The molecule has 0 aliphatic carbocycles. The van der Waals surface area contributed by atoms with Crippen molar-refractivity contribution in [3.8, 4) is 11.5 Å². The van der Waals surface area contributed by atoms with Gasteiger partial charge in [0.25, 0.3) is 11.6 Å². The van der Waals surface area contributed by atoms with E-state index in [2.05, 4.69) is 5.32 Å². The molecule has 1 heterocycles. The molecule has 0 atom stereocenters. The number of nitro groups is 1. The van der Waals surface area contributed by atoms with E-state index in [1.807, 2.05) is 4.90 Å². The second-order valence-electron chi connectivity index (χ2n) is 6.49. The second-order valence-corrected chi connectivity index (χ2v) is 6.49. The molecule has 0 spiro atoms. The van der Waals surface area contributed by atoms with E-state index in [0.717, 1.165) is 32.0 Å². The summed E-state index contributed by atoms with van der Waals surface area (Å²) >= 11 is 0. The molecule has 1 fully saturated rings. The SMILES string of the molecule is CCOc1cc(C(=O)Nc2c(F)cccc2N2CCCC2)c([N+](=O)[O-])cc1OC. The summed E-state index contributed by atoms with van der Waals surface area (Å²) in [5, 5.41) is 14.0. The smallest absolute Gasteiger partial charge is 0.286 e. The summed E-state index contributed by atoms with van der Waals surface area (Å²) in [6.45, 7) is 3.52. The Morgan fingerprint density at radius 2 is 2.00 bits per heavy atom. The molecule has 1 aliphatic rings. The van der Waals surface area contributed by atoms with Gasteiger partial charge in [-0.05, 0) is 31.9 Å². The van der Waals surface area contributed by atoms with Gasteiger partial charge in [0.15, 0.2) is 11.5 Å². The molecule has 1 aliphatic heterocycles. The van der Waals surface area contributed by atoms with Gasteiger partial charge in [0.1, 0.15) is 17.1 Å². The fraction of sp³-hybridized carbons (Fsp3) is 0.350. The van der Waals surface area contributed by atoms with Crippen LogP contribution in [0.15, 0.2) is 30.3 Å². The lowest BCUT2D eigenvalue weighted by molar-refractivity contribution is -0.385. The van der Waals surface area contributed by atoms with Crippen LogP contribution in [0.1, 0.15) is 30.1 Å². The molecule has 29 heavy (non-hydrogen) atoms. The quantitative estimate of drug-likeness (QED) is 0.555. The van der Waals surface area contributed by atoms with E-state index in [4.69, 9.17) is 9.47 Å². The van der Waals surface area contributed by atoms with Crippen LogP contribution in [0.4, 0.5) is 21.5 Å². The first-order chi connectivity index (χ1) is 14.0. The lowest BCUT2D eigenvalue weighted by atomic mass is 10.1. The van der Waals surface area contributed by atoms with Gasteiger partial charge in [-0.2, -0.15) is 0 Å². The lowest BCUT2D eigenvalue weighted by Crippen LogP contribution is -2.22. The lowest BCUT2D eigenvalue weighted by Gasteiger charge is -2.22. The fourth-order valence-corrected chi connectivity index (χ4v) is 3.35. The highest BCUT2D eigenvalue weighted by molar-refractivity contribution is 6.09. The topological polar surface area (TPSA) is 93.9 Å². The number of ether oxygens (including phenoxy) is 2. The molecule has 1 N–H and O–H groups in total. The predicted octanol–water partition coefficient (Wildman–Crippen LogP) is 3.99. The largest absolute Gasteiger partial charge is 0.493 e. The Balaban J connectivity index is 2.01. The van der Waals surface area contributed by atoms with Crippen LogP contribution in [-0.4, -0.2) is 37.6 Å². The Bertz CT molecular complexity index is 929. The Hall–Kier alpha value is -3.36. The summed E-state index contributed by atoms with van der Waals surface area (Å²) in [4.78, 5) is 25.7. The predicted molar refractivity (Wildman–Crippen MR) is 107 cm³/mol. The minimum absolute atomic E-state index is 0.00229. The van der Waals surface area contributed by atoms with Gasteiger partial charge in [-0.15, -0.1) is 0 Å². The van der Waals surface area contributed by atoms with Crippen molar-refractivity contribution < 1.29 is 23.6 Å². The molecule has 0 radical (unpaired) electrons. The summed E-state index contributed by atoms with van der Waals surface area (Å²) in [6.07, 6.45) is 1.96. The zero-order chi connectivity index (χ0) is 21.0. The van der Waals surface area contributed by atoms with E-state index in [9.17, 15) is 19.3 Å². The van der Waals surface area contributed by atoms with Crippen molar-refractivity contribution in [1.29, 1.82) is 0 Å². The Morgan fingerprint density at radius 1 is 1.28 bits per heavy atom. The zero-order valence-corrected chi connectivity index (χ0v) is 16.2. The third-order valence-corrected chi connectivity index (χ3v) is 4.70. The van der Waals surface area contributed by atoms with Gasteiger partial charge in [-0.25, -0.2) is 4.39 Å². The van der Waals surface area contributed by atoms with Crippen LogP contribution in [0.3, 0.4) is 0 Å². The second kappa shape index (κ2) is 8.76. The normalized spacial score (nSPS) is 13.3. The average Bonchev–Trinajstić information content (AvgIpc) is 3.23. The number of rotatable bonds is 7. The van der Waals surface area contributed by atoms with Gasteiger partial charge in [0, 0.05) is 19.2 Å². The average molecular weight is 403 g/mol. The van der Waals surface area contributed by atoms with Gasteiger partial charge in [-0.1, -0.05) is 6.07 Å². The number of hydrogen-bond donors (Lipinski definition) is 1. The zero-order valence-electron chi connectivity index (χ0n) is 16.2. The molecule has 1 saturated heterocycles. The molecular formula is C20H22FN3O5. The number of nitro benzene ring substituents is 1. The van der Waals surface area contributed by atoms with E-state index >= 15 is 0 Å². The summed E-state index contributed by atoms with van der Waals surface area (Å²) in [7, 11) is 1.35. The van der Waals surface area contributed by atoms with Gasteiger partial charge in [0.05, 0.1) is 30.4 Å². The number of nitrogens with one attached hydrogen (secondary N) is 1. The number of methoxy groups -OCH3 is 1. The Kier molecular flexibility index (Phi) is 6.16. The molecule has 154 valence electrons. The minimum Gasteiger partial charge on any atom is -0.493 e. The van der Waals surface area contributed by atoms with Gasteiger partial charge >= 0.3 is 0 Å². The van der Waals surface area contributed by atoms with Crippen LogP contribution in [0.2, 0.25) is 0 Å². The third kappa shape index (κ3) is 4.23. The van der Waals surface area contributed by atoms with Crippen molar-refractivity contribution in [2.75, 3.05) is 37.0 Å². The first-order valence-electron chi connectivity index (χ1n) is 9.30. The highest BCUT2D eigenvalue weighted by Gasteiger charge is 2.27. The number of carbonyl (C=O) groups is 1. The molecule has 0 aromatic heterocycles. The van der Waals surface area contributed by atoms with Crippen LogP contribution in [-0.2, 0) is 0 Å². The molecule has 2 aromatic carbocycles. The van der Waals surface area contributed by atoms with Crippen LogP contribution in [0.25, 0.3) is 0 Å². The first kappa shape index (κ1) is 20.4. The molecule has 3 rings (SSSR count). The number of carbonyl (C=O) groups excluding carboxylic acids is 1. The first-order valence-corrected chi connectivity index (χ1v) is 9.30. The summed E-state index contributed by atoms with van der Waals surface area (Å²) < 4.78 is 25.1. The summed E-state index contributed by atoms with van der Waals surface area (Å²) in [6, 6.07) is 6.90. The number of nitrogens with zero attached hydrogens (tertiary/aromatic N) is 2. The van der Waals surface area contributed by atoms with E-state index in [-0.39, 0.29) is 29.4 Å². The number of amides is 1. The van der Waals surface area contributed by atoms with Gasteiger partial charge < -0.3 is 19.7 Å². The van der Waals surface area contributed by atoms with E-state index in [1.54, 1.807) is 19.1 Å². The molecule has 1 amide bonds. The Morgan fingerprint density at radius 3 is 2.62 bits per heavy atom. The molecular weight excluding hydrogens is 381 g/mol. The summed E-state index contributed by atoms with van der Waals surface area (Å²) in [5.41, 5.74) is -0.142. The fourth-order valence-electron chi connectivity index (χ4n) is 3.35. The van der Waals surface area contributed by atoms with E-state index in [0.29, 0.717) is 5.69 Å². The Labute approximate surface area is 167 Å². The van der Waals surface area contributed by atoms with Crippen LogP contribution < -0.4 is 19.7 Å². The number of anilines is 2. The van der Waals surface area contributed by atoms with Gasteiger partial charge in [0.2, 0.25) is 0 Å².